The molecule has 0 bridgehead atoms. The molecule has 0 atom stereocenters. The molecule has 26 heavy (non-hydrogen) atoms. The quantitative estimate of drug-likeness (QED) is 0.623. The minimum absolute atomic E-state index is 0.0537. The summed E-state index contributed by atoms with van der Waals surface area (Å²) in [6.45, 7) is 5.32. The van der Waals surface area contributed by atoms with Crippen LogP contribution in [0.3, 0.4) is 0 Å². The van der Waals surface area contributed by atoms with Crippen LogP contribution in [-0.4, -0.2) is 22.3 Å². The molecule has 0 saturated heterocycles. The van der Waals surface area contributed by atoms with Crippen LogP contribution in [0.5, 0.6) is 0 Å². The summed E-state index contributed by atoms with van der Waals surface area (Å²) in [6, 6.07) is 15.1. The maximum Gasteiger partial charge on any atom is 0.254 e. The van der Waals surface area contributed by atoms with Crippen LogP contribution in [0.15, 0.2) is 84.3 Å². The van der Waals surface area contributed by atoms with Crippen molar-refractivity contribution in [3.8, 4) is 0 Å². The Morgan fingerprint density at radius 2 is 1.92 bits per heavy atom. The molecule has 0 fully saturated rings. The van der Waals surface area contributed by atoms with Gasteiger partial charge in [-0.25, -0.2) is 0 Å². The molecular formula is C21H21N3O2. The number of pyridine rings is 1. The summed E-state index contributed by atoms with van der Waals surface area (Å²) >= 11 is 0. The predicted molar refractivity (Wildman–Crippen MR) is 102 cm³/mol. The Labute approximate surface area is 153 Å². The van der Waals surface area contributed by atoms with Gasteiger partial charge >= 0.3 is 0 Å². The number of anilines is 1. The van der Waals surface area contributed by atoms with Gasteiger partial charge in [-0.3, -0.25) is 9.78 Å². The highest BCUT2D eigenvalue weighted by atomic mass is 16.3. The summed E-state index contributed by atoms with van der Waals surface area (Å²) in [5, 5.41) is 3.33. The van der Waals surface area contributed by atoms with Gasteiger partial charge in [-0.15, -0.1) is 6.58 Å². The molecule has 1 N–H and O–H groups in total. The smallest absolute Gasteiger partial charge is 0.254 e. The highest BCUT2D eigenvalue weighted by molar-refractivity contribution is 5.94. The van der Waals surface area contributed by atoms with Gasteiger partial charge in [0.2, 0.25) is 0 Å². The molecule has 0 unspecified atom stereocenters. The fourth-order valence-corrected chi connectivity index (χ4v) is 2.58. The average Bonchev–Trinajstić information content (AvgIpc) is 3.20. The minimum Gasteiger partial charge on any atom is -0.467 e. The lowest BCUT2D eigenvalue weighted by molar-refractivity contribution is 0.0752. The highest BCUT2D eigenvalue weighted by Crippen LogP contribution is 2.15. The zero-order chi connectivity index (χ0) is 18.2. The van der Waals surface area contributed by atoms with Crippen molar-refractivity contribution in [2.45, 2.75) is 13.1 Å². The van der Waals surface area contributed by atoms with E-state index in [0.717, 1.165) is 17.0 Å². The van der Waals surface area contributed by atoms with Crippen LogP contribution in [0.25, 0.3) is 0 Å². The van der Waals surface area contributed by atoms with E-state index in [9.17, 15) is 4.79 Å². The molecule has 0 saturated carbocycles. The molecule has 0 aliphatic rings. The lowest BCUT2D eigenvalue weighted by atomic mass is 10.1. The van der Waals surface area contributed by atoms with Crippen molar-refractivity contribution in [2.75, 3.05) is 11.9 Å². The first kappa shape index (κ1) is 17.5. The average molecular weight is 347 g/mol. The van der Waals surface area contributed by atoms with E-state index < -0.39 is 0 Å². The predicted octanol–water partition coefficient (Wildman–Crippen LogP) is 4.12. The number of nitrogens with one attached hydrogen (secondary N) is 1. The Kier molecular flexibility index (Phi) is 5.83. The molecule has 5 nitrogen and oxygen atoms in total. The van der Waals surface area contributed by atoms with Crippen LogP contribution in [0.2, 0.25) is 0 Å². The van der Waals surface area contributed by atoms with Crippen LogP contribution < -0.4 is 5.32 Å². The van der Waals surface area contributed by atoms with Gasteiger partial charge in [0.15, 0.2) is 0 Å². The summed E-state index contributed by atoms with van der Waals surface area (Å²) in [4.78, 5) is 18.5. The van der Waals surface area contributed by atoms with E-state index in [4.69, 9.17) is 4.42 Å². The molecule has 1 amide bonds. The summed E-state index contributed by atoms with van der Waals surface area (Å²) < 4.78 is 5.35. The molecule has 2 aromatic heterocycles. The number of aromatic nitrogens is 1. The second-order valence-electron chi connectivity index (χ2n) is 5.84. The maximum absolute atomic E-state index is 12.8. The van der Waals surface area contributed by atoms with Crippen molar-refractivity contribution in [1.82, 2.24) is 9.88 Å². The molecule has 1 aromatic carbocycles. The van der Waals surface area contributed by atoms with Crippen molar-refractivity contribution < 1.29 is 9.21 Å². The normalized spacial score (nSPS) is 10.3. The third-order valence-electron chi connectivity index (χ3n) is 3.94. The van der Waals surface area contributed by atoms with E-state index >= 15 is 0 Å². The van der Waals surface area contributed by atoms with Gasteiger partial charge < -0.3 is 14.6 Å². The largest absolute Gasteiger partial charge is 0.467 e. The molecule has 0 radical (unpaired) electrons. The van der Waals surface area contributed by atoms with Gasteiger partial charge in [-0.1, -0.05) is 6.08 Å². The first-order valence-electron chi connectivity index (χ1n) is 8.41. The van der Waals surface area contributed by atoms with Crippen LogP contribution >= 0.6 is 0 Å². The van der Waals surface area contributed by atoms with Crippen molar-refractivity contribution in [2.24, 2.45) is 0 Å². The lowest BCUT2D eigenvalue weighted by Crippen LogP contribution is -2.30. The monoisotopic (exact) mass is 347 g/mol. The Morgan fingerprint density at radius 3 is 2.58 bits per heavy atom. The Morgan fingerprint density at radius 1 is 1.15 bits per heavy atom. The number of furan rings is 1. The molecule has 0 aliphatic heterocycles. The SMILES string of the molecule is C=CCN(Cc1ccco1)C(=O)c1ccc(NCc2ccncc2)cc1. The van der Waals surface area contributed by atoms with Crippen LogP contribution in [0, 0.1) is 0 Å². The van der Waals surface area contributed by atoms with E-state index in [1.807, 2.05) is 48.5 Å². The van der Waals surface area contributed by atoms with Crippen molar-refractivity contribution in [3.63, 3.8) is 0 Å². The maximum atomic E-state index is 12.8. The summed E-state index contributed by atoms with van der Waals surface area (Å²) in [5.74, 6) is 0.692. The fraction of sp³-hybridized carbons (Fsp3) is 0.143. The second-order valence-corrected chi connectivity index (χ2v) is 5.84. The standard InChI is InChI=1S/C21H21N3O2/c1-2-13-24(16-20-4-3-14-26-20)21(25)18-5-7-19(8-6-18)23-15-17-9-11-22-12-10-17/h2-12,14,23H,1,13,15-16H2. The second kappa shape index (κ2) is 8.67. The van der Waals surface area contributed by atoms with Gasteiger partial charge in [0.1, 0.15) is 5.76 Å². The molecule has 3 aromatic rings. The number of hydrogen-bond acceptors (Lipinski definition) is 4. The zero-order valence-electron chi connectivity index (χ0n) is 14.5. The van der Waals surface area contributed by atoms with Crippen molar-refractivity contribution in [1.29, 1.82) is 0 Å². The van der Waals surface area contributed by atoms with Gasteiger partial charge in [-0.05, 0) is 54.1 Å². The lowest BCUT2D eigenvalue weighted by Gasteiger charge is -2.20. The molecule has 0 spiro atoms. The number of hydrogen-bond donors (Lipinski definition) is 1. The number of rotatable bonds is 8. The van der Waals surface area contributed by atoms with Gasteiger partial charge in [0.05, 0.1) is 12.8 Å². The van der Waals surface area contributed by atoms with E-state index in [0.29, 0.717) is 25.2 Å². The first-order chi connectivity index (χ1) is 12.8. The van der Waals surface area contributed by atoms with Gasteiger partial charge in [0, 0.05) is 36.7 Å². The minimum atomic E-state index is -0.0537. The third-order valence-corrected chi connectivity index (χ3v) is 3.94. The number of benzene rings is 1. The Bertz CT molecular complexity index is 827. The first-order valence-corrected chi connectivity index (χ1v) is 8.41. The third kappa shape index (κ3) is 4.60. The summed E-state index contributed by atoms with van der Waals surface area (Å²) in [7, 11) is 0. The van der Waals surface area contributed by atoms with E-state index in [-0.39, 0.29) is 5.91 Å². The van der Waals surface area contributed by atoms with E-state index in [1.165, 1.54) is 0 Å². The Hall–Kier alpha value is -3.34. The molecule has 3 rings (SSSR count). The number of nitrogens with zero attached hydrogens (tertiary/aromatic N) is 2. The van der Waals surface area contributed by atoms with Crippen LogP contribution in [-0.2, 0) is 13.1 Å². The fourth-order valence-electron chi connectivity index (χ4n) is 2.58. The molecule has 5 heteroatoms. The number of carbonyl (C=O) groups is 1. The zero-order valence-corrected chi connectivity index (χ0v) is 14.5. The molecule has 132 valence electrons. The van der Waals surface area contributed by atoms with Crippen molar-refractivity contribution >= 4 is 11.6 Å². The topological polar surface area (TPSA) is 58.4 Å². The molecule has 2 heterocycles. The Balaban J connectivity index is 1.64. The van der Waals surface area contributed by atoms with Crippen LogP contribution in [0.4, 0.5) is 5.69 Å². The van der Waals surface area contributed by atoms with E-state index in [1.54, 1.807) is 29.6 Å². The van der Waals surface area contributed by atoms with Gasteiger partial charge in [0.25, 0.3) is 5.91 Å². The van der Waals surface area contributed by atoms with Crippen molar-refractivity contribution in [3.05, 3.63) is 96.7 Å². The summed E-state index contributed by atoms with van der Waals surface area (Å²) in [5.41, 5.74) is 2.74. The molecular weight excluding hydrogens is 326 g/mol. The van der Waals surface area contributed by atoms with Gasteiger partial charge in [-0.2, -0.15) is 0 Å². The number of carbonyl (C=O) groups excluding carboxylic acids is 1. The summed E-state index contributed by atoms with van der Waals surface area (Å²) in [6.07, 6.45) is 6.86. The number of amides is 1. The van der Waals surface area contributed by atoms with E-state index in [2.05, 4.69) is 16.9 Å². The highest BCUT2D eigenvalue weighted by Gasteiger charge is 2.16. The molecule has 0 aliphatic carbocycles. The van der Waals surface area contributed by atoms with Crippen LogP contribution in [0.1, 0.15) is 21.7 Å².